The largest absolute Gasteiger partial charge is 0.352 e. The summed E-state index contributed by atoms with van der Waals surface area (Å²) in [5.74, 6) is 0.104. The summed E-state index contributed by atoms with van der Waals surface area (Å²) in [6.45, 7) is 2.95. The lowest BCUT2D eigenvalue weighted by atomic mass is 10.1. The van der Waals surface area contributed by atoms with Crippen LogP contribution in [0.25, 0.3) is 0 Å². The first-order valence-electron chi connectivity index (χ1n) is 6.44. The highest BCUT2D eigenvalue weighted by molar-refractivity contribution is 6.31. The van der Waals surface area contributed by atoms with Gasteiger partial charge in [0.2, 0.25) is 5.91 Å². The molecule has 1 saturated heterocycles. The van der Waals surface area contributed by atoms with E-state index in [4.69, 9.17) is 11.6 Å². The highest BCUT2D eigenvalue weighted by Crippen LogP contribution is 2.16. The molecule has 1 amide bonds. The van der Waals surface area contributed by atoms with Crippen molar-refractivity contribution in [1.82, 2.24) is 10.6 Å². The van der Waals surface area contributed by atoms with Crippen molar-refractivity contribution in [2.24, 2.45) is 0 Å². The summed E-state index contributed by atoms with van der Waals surface area (Å²) in [6, 6.07) is 7.84. The third-order valence-corrected chi connectivity index (χ3v) is 3.62. The number of hydrogen-bond donors (Lipinski definition) is 2. The van der Waals surface area contributed by atoms with E-state index in [1.54, 1.807) is 0 Å². The second-order valence-electron chi connectivity index (χ2n) is 4.85. The molecule has 0 radical (unpaired) electrons. The summed E-state index contributed by atoms with van der Waals surface area (Å²) in [5, 5.41) is 7.00. The lowest BCUT2D eigenvalue weighted by Crippen LogP contribution is -2.44. The van der Waals surface area contributed by atoms with E-state index in [0.717, 1.165) is 36.4 Å². The van der Waals surface area contributed by atoms with Crippen LogP contribution >= 0.6 is 11.6 Å². The Morgan fingerprint density at radius 3 is 3.00 bits per heavy atom. The van der Waals surface area contributed by atoms with Crippen molar-refractivity contribution in [2.75, 3.05) is 6.54 Å². The van der Waals surface area contributed by atoms with Gasteiger partial charge in [-0.25, -0.2) is 0 Å². The van der Waals surface area contributed by atoms with Crippen molar-refractivity contribution in [3.05, 3.63) is 34.9 Å². The molecule has 0 bridgehead atoms. The van der Waals surface area contributed by atoms with Gasteiger partial charge in [-0.2, -0.15) is 0 Å². The van der Waals surface area contributed by atoms with Gasteiger partial charge in [0.05, 0.1) is 6.04 Å². The van der Waals surface area contributed by atoms with Crippen LogP contribution in [0.1, 0.15) is 25.3 Å². The van der Waals surface area contributed by atoms with Gasteiger partial charge in [0.15, 0.2) is 0 Å². The average Bonchev–Trinajstić information content (AvgIpc) is 2.85. The van der Waals surface area contributed by atoms with Crippen LogP contribution in [0, 0.1) is 0 Å². The number of carbonyl (C=O) groups is 1. The maximum absolute atomic E-state index is 11.9. The summed E-state index contributed by atoms with van der Waals surface area (Å²) < 4.78 is 0. The van der Waals surface area contributed by atoms with Crippen molar-refractivity contribution in [1.29, 1.82) is 0 Å². The van der Waals surface area contributed by atoms with Crippen LogP contribution in [-0.2, 0) is 11.2 Å². The maximum Gasteiger partial charge on any atom is 0.237 e. The van der Waals surface area contributed by atoms with Gasteiger partial charge in [0, 0.05) is 11.1 Å². The molecule has 0 spiro atoms. The van der Waals surface area contributed by atoms with Crippen molar-refractivity contribution in [3.8, 4) is 0 Å². The fourth-order valence-electron chi connectivity index (χ4n) is 2.30. The standard InChI is InChI=1S/C14H19ClN2O/c1-10(9-11-5-2-3-6-12(11)15)17-14(18)13-7-4-8-16-13/h2-3,5-6,10,13,16H,4,7-9H2,1H3,(H,17,18)/t10?,13-/m1/s1. The molecule has 0 aromatic heterocycles. The molecule has 4 heteroatoms. The number of nitrogens with one attached hydrogen (secondary N) is 2. The van der Waals surface area contributed by atoms with E-state index in [1.165, 1.54) is 0 Å². The van der Waals surface area contributed by atoms with Gasteiger partial charge in [0.25, 0.3) is 0 Å². The van der Waals surface area contributed by atoms with Gasteiger partial charge in [-0.15, -0.1) is 0 Å². The molecule has 0 saturated carbocycles. The smallest absolute Gasteiger partial charge is 0.237 e. The van der Waals surface area contributed by atoms with Gasteiger partial charge in [-0.1, -0.05) is 29.8 Å². The van der Waals surface area contributed by atoms with E-state index in [0.29, 0.717) is 0 Å². The van der Waals surface area contributed by atoms with E-state index in [1.807, 2.05) is 31.2 Å². The molecular weight excluding hydrogens is 248 g/mol. The van der Waals surface area contributed by atoms with Gasteiger partial charge >= 0.3 is 0 Å². The zero-order chi connectivity index (χ0) is 13.0. The van der Waals surface area contributed by atoms with Gasteiger partial charge in [-0.3, -0.25) is 4.79 Å². The number of hydrogen-bond acceptors (Lipinski definition) is 2. The van der Waals surface area contributed by atoms with Crippen LogP contribution in [0.2, 0.25) is 5.02 Å². The normalized spacial score (nSPS) is 20.7. The molecule has 3 nitrogen and oxygen atoms in total. The Balaban J connectivity index is 1.86. The van der Waals surface area contributed by atoms with Crippen LogP contribution in [0.5, 0.6) is 0 Å². The summed E-state index contributed by atoms with van der Waals surface area (Å²) in [5.41, 5.74) is 1.08. The van der Waals surface area contributed by atoms with Gasteiger partial charge in [-0.05, 0) is 44.4 Å². The molecule has 1 aromatic rings. The average molecular weight is 267 g/mol. The molecule has 1 heterocycles. The summed E-state index contributed by atoms with van der Waals surface area (Å²) in [6.07, 6.45) is 2.78. The molecule has 18 heavy (non-hydrogen) atoms. The van der Waals surface area contributed by atoms with Crippen molar-refractivity contribution in [3.63, 3.8) is 0 Å². The Hall–Kier alpha value is -1.06. The van der Waals surface area contributed by atoms with Crippen LogP contribution < -0.4 is 10.6 Å². The minimum atomic E-state index is -0.0151. The molecule has 1 fully saturated rings. The quantitative estimate of drug-likeness (QED) is 0.877. The van der Waals surface area contributed by atoms with Crippen LogP contribution in [0.15, 0.2) is 24.3 Å². The molecule has 1 aromatic carbocycles. The third-order valence-electron chi connectivity index (χ3n) is 3.25. The van der Waals surface area contributed by atoms with E-state index >= 15 is 0 Å². The fourth-order valence-corrected chi connectivity index (χ4v) is 2.51. The molecule has 98 valence electrons. The number of halogens is 1. The summed E-state index contributed by atoms with van der Waals surface area (Å²) in [7, 11) is 0. The Kier molecular flexibility index (Phi) is 4.61. The minimum Gasteiger partial charge on any atom is -0.352 e. The number of carbonyl (C=O) groups excluding carboxylic acids is 1. The van der Waals surface area contributed by atoms with E-state index in [-0.39, 0.29) is 18.0 Å². The molecule has 2 rings (SSSR count). The first-order chi connectivity index (χ1) is 8.66. The van der Waals surface area contributed by atoms with Crippen molar-refractivity contribution < 1.29 is 4.79 Å². The Morgan fingerprint density at radius 2 is 2.33 bits per heavy atom. The predicted octanol–water partition coefficient (Wildman–Crippen LogP) is 2.14. The molecular formula is C14H19ClN2O. The Labute approximate surface area is 113 Å². The van der Waals surface area contributed by atoms with Crippen molar-refractivity contribution in [2.45, 2.75) is 38.3 Å². The molecule has 1 unspecified atom stereocenters. The van der Waals surface area contributed by atoms with Gasteiger partial charge in [0.1, 0.15) is 0 Å². The monoisotopic (exact) mass is 266 g/mol. The van der Waals surface area contributed by atoms with Crippen LogP contribution in [-0.4, -0.2) is 24.5 Å². The zero-order valence-electron chi connectivity index (χ0n) is 10.6. The highest BCUT2D eigenvalue weighted by Gasteiger charge is 2.23. The van der Waals surface area contributed by atoms with Crippen molar-refractivity contribution >= 4 is 17.5 Å². The summed E-state index contributed by atoms with van der Waals surface area (Å²) in [4.78, 5) is 11.9. The van der Waals surface area contributed by atoms with Crippen LogP contribution in [0.4, 0.5) is 0 Å². The Morgan fingerprint density at radius 1 is 1.56 bits per heavy atom. The minimum absolute atomic E-state index is 0.0151. The molecule has 0 aliphatic carbocycles. The number of rotatable bonds is 4. The predicted molar refractivity (Wildman–Crippen MR) is 73.8 cm³/mol. The molecule has 2 N–H and O–H groups in total. The molecule has 2 atom stereocenters. The Bertz CT molecular complexity index is 416. The van der Waals surface area contributed by atoms with Gasteiger partial charge < -0.3 is 10.6 Å². The third kappa shape index (κ3) is 3.47. The van der Waals surface area contributed by atoms with E-state index < -0.39 is 0 Å². The number of benzene rings is 1. The second kappa shape index (κ2) is 6.21. The lowest BCUT2D eigenvalue weighted by Gasteiger charge is -2.17. The first-order valence-corrected chi connectivity index (χ1v) is 6.82. The second-order valence-corrected chi connectivity index (χ2v) is 5.26. The number of amides is 1. The lowest BCUT2D eigenvalue weighted by molar-refractivity contribution is -0.123. The zero-order valence-corrected chi connectivity index (χ0v) is 11.3. The molecule has 1 aliphatic heterocycles. The van der Waals surface area contributed by atoms with Crippen LogP contribution in [0.3, 0.4) is 0 Å². The fraction of sp³-hybridized carbons (Fsp3) is 0.500. The first kappa shape index (κ1) is 13.4. The molecule has 1 aliphatic rings. The summed E-state index contributed by atoms with van der Waals surface area (Å²) >= 11 is 6.11. The SMILES string of the molecule is CC(Cc1ccccc1Cl)NC(=O)[C@H]1CCCN1. The van der Waals surface area contributed by atoms with E-state index in [2.05, 4.69) is 10.6 Å². The highest BCUT2D eigenvalue weighted by atomic mass is 35.5. The van der Waals surface area contributed by atoms with E-state index in [9.17, 15) is 4.79 Å². The maximum atomic E-state index is 11.9. The topological polar surface area (TPSA) is 41.1 Å².